The summed E-state index contributed by atoms with van der Waals surface area (Å²) >= 11 is 0. The van der Waals surface area contributed by atoms with E-state index in [1.807, 2.05) is 0 Å². The first-order chi connectivity index (χ1) is 16.7. The van der Waals surface area contributed by atoms with Crippen LogP contribution in [0.4, 0.5) is 0 Å². The predicted molar refractivity (Wildman–Crippen MR) is 148 cm³/mol. The summed E-state index contributed by atoms with van der Waals surface area (Å²) in [6.45, 7) is 4.61. The Bertz CT molecular complexity index is 1220. The smallest absolute Gasteiger partial charge is 0.0145 e. The highest BCUT2D eigenvalue weighted by Crippen LogP contribution is 2.37. The molecule has 0 aliphatic heterocycles. The molecule has 0 heteroatoms. The van der Waals surface area contributed by atoms with Crippen LogP contribution in [-0.2, 0) is 12.8 Å². The third-order valence-electron chi connectivity index (χ3n) is 8.89. The first-order valence-electron chi connectivity index (χ1n) is 13.7. The van der Waals surface area contributed by atoms with Gasteiger partial charge in [-0.25, -0.2) is 0 Å². The number of aryl methyl sites for hydroxylation is 2. The van der Waals surface area contributed by atoms with Crippen molar-refractivity contribution in [2.45, 2.75) is 78.1 Å². The molecule has 34 heavy (non-hydrogen) atoms. The van der Waals surface area contributed by atoms with Gasteiger partial charge in [0.15, 0.2) is 0 Å². The molecular formula is C34H38. The molecule has 0 nitrogen and oxygen atoms in total. The summed E-state index contributed by atoms with van der Waals surface area (Å²) in [6, 6.07) is 23.8. The molecule has 0 amide bonds. The molecule has 2 aliphatic rings. The molecule has 0 heterocycles. The van der Waals surface area contributed by atoms with Gasteiger partial charge in [-0.2, -0.15) is 0 Å². The Balaban J connectivity index is 1.39. The fourth-order valence-electron chi connectivity index (χ4n) is 6.98. The van der Waals surface area contributed by atoms with E-state index in [9.17, 15) is 0 Å². The Hall–Kier alpha value is -2.60. The van der Waals surface area contributed by atoms with E-state index in [4.69, 9.17) is 0 Å². The standard InChI is InChI=1S/C34H38/c1-23-17-33-27(19-25-9-3-4-10-25)13-7-15-29(33)21-31(23)32-22-30-16-8-14-28(34(30)18-24(32)2)20-26-11-5-6-12-26/h7-8,13-18,21-22,25-26H,3-6,9-12,19-20H2,1-2H3. The number of hydrogen-bond donors (Lipinski definition) is 0. The van der Waals surface area contributed by atoms with Crippen molar-refractivity contribution in [1.29, 1.82) is 0 Å². The van der Waals surface area contributed by atoms with Crippen LogP contribution in [-0.4, -0.2) is 0 Å². The molecule has 2 aliphatic carbocycles. The van der Waals surface area contributed by atoms with Gasteiger partial charge in [0, 0.05) is 0 Å². The summed E-state index contributed by atoms with van der Waals surface area (Å²) < 4.78 is 0. The fourth-order valence-corrected chi connectivity index (χ4v) is 6.98. The van der Waals surface area contributed by atoms with Crippen molar-refractivity contribution in [2.75, 3.05) is 0 Å². The van der Waals surface area contributed by atoms with Crippen LogP contribution in [0.15, 0.2) is 60.7 Å². The number of rotatable bonds is 5. The maximum absolute atomic E-state index is 2.47. The molecule has 4 aromatic carbocycles. The summed E-state index contributed by atoms with van der Waals surface area (Å²) in [4.78, 5) is 0. The second-order valence-corrected chi connectivity index (χ2v) is 11.3. The topological polar surface area (TPSA) is 0 Å². The SMILES string of the molecule is Cc1cc2c(CC3CCCC3)cccc2cc1-c1cc2cccc(CC3CCCC3)c2cc1C. The third kappa shape index (κ3) is 4.17. The minimum Gasteiger partial charge on any atom is -0.0614 e. The lowest BCUT2D eigenvalue weighted by atomic mass is 9.87. The van der Waals surface area contributed by atoms with Gasteiger partial charge < -0.3 is 0 Å². The highest BCUT2D eigenvalue weighted by Gasteiger charge is 2.19. The van der Waals surface area contributed by atoms with E-state index >= 15 is 0 Å². The fraction of sp³-hybridized carbons (Fsp3) is 0.412. The van der Waals surface area contributed by atoms with Gasteiger partial charge in [0.1, 0.15) is 0 Å². The van der Waals surface area contributed by atoms with E-state index in [1.54, 1.807) is 11.1 Å². The molecule has 0 saturated heterocycles. The second kappa shape index (κ2) is 9.21. The van der Waals surface area contributed by atoms with Gasteiger partial charge in [0.25, 0.3) is 0 Å². The lowest BCUT2D eigenvalue weighted by Gasteiger charge is -2.17. The predicted octanol–water partition coefficient (Wildman–Crippen LogP) is 9.74. The first kappa shape index (κ1) is 21.9. The molecule has 0 N–H and O–H groups in total. The molecule has 2 saturated carbocycles. The maximum atomic E-state index is 2.47. The highest BCUT2D eigenvalue weighted by molar-refractivity contribution is 5.95. The van der Waals surface area contributed by atoms with Crippen molar-refractivity contribution in [1.82, 2.24) is 0 Å². The normalized spacial score (nSPS) is 17.4. The minimum atomic E-state index is 0.881. The molecular weight excluding hydrogens is 408 g/mol. The number of hydrogen-bond acceptors (Lipinski definition) is 0. The first-order valence-corrected chi connectivity index (χ1v) is 13.7. The summed E-state index contributed by atoms with van der Waals surface area (Å²) in [5.74, 6) is 1.76. The number of benzene rings is 4. The van der Waals surface area contributed by atoms with Crippen molar-refractivity contribution in [3.05, 3.63) is 82.9 Å². The van der Waals surface area contributed by atoms with Crippen molar-refractivity contribution < 1.29 is 0 Å². The molecule has 0 radical (unpaired) electrons. The van der Waals surface area contributed by atoms with Crippen LogP contribution in [0.25, 0.3) is 32.7 Å². The van der Waals surface area contributed by atoms with Crippen LogP contribution in [0.5, 0.6) is 0 Å². The van der Waals surface area contributed by atoms with Crippen LogP contribution in [0, 0.1) is 25.7 Å². The van der Waals surface area contributed by atoms with Gasteiger partial charge in [-0.3, -0.25) is 0 Å². The zero-order valence-electron chi connectivity index (χ0n) is 21.0. The molecule has 0 spiro atoms. The van der Waals surface area contributed by atoms with Gasteiger partial charge in [-0.05, 0) is 106 Å². The Morgan fingerprint density at radius 1 is 0.559 bits per heavy atom. The quantitative estimate of drug-likeness (QED) is 0.286. The zero-order chi connectivity index (χ0) is 23.1. The average molecular weight is 447 g/mol. The van der Waals surface area contributed by atoms with Crippen LogP contribution >= 0.6 is 0 Å². The Labute approximate surface area is 205 Å². The summed E-state index contributed by atoms with van der Waals surface area (Å²) in [6.07, 6.45) is 13.8. The molecule has 0 bridgehead atoms. The number of fused-ring (bicyclic) bond motifs is 2. The summed E-state index contributed by atoms with van der Waals surface area (Å²) in [5.41, 5.74) is 8.68. The third-order valence-corrected chi connectivity index (χ3v) is 8.89. The maximum Gasteiger partial charge on any atom is -0.0145 e. The molecule has 4 aromatic rings. The Morgan fingerprint density at radius 2 is 0.971 bits per heavy atom. The summed E-state index contributed by atoms with van der Waals surface area (Å²) in [7, 11) is 0. The van der Waals surface area contributed by atoms with E-state index in [2.05, 4.69) is 74.5 Å². The van der Waals surface area contributed by atoms with E-state index in [-0.39, 0.29) is 0 Å². The van der Waals surface area contributed by atoms with Gasteiger partial charge >= 0.3 is 0 Å². The van der Waals surface area contributed by atoms with E-state index in [0.717, 1.165) is 11.8 Å². The van der Waals surface area contributed by atoms with Crippen LogP contribution in [0.2, 0.25) is 0 Å². The van der Waals surface area contributed by atoms with Crippen molar-refractivity contribution >= 4 is 21.5 Å². The summed E-state index contributed by atoms with van der Waals surface area (Å²) in [5, 5.41) is 5.72. The lowest BCUT2D eigenvalue weighted by Crippen LogP contribution is -2.00. The van der Waals surface area contributed by atoms with Crippen molar-refractivity contribution in [3.63, 3.8) is 0 Å². The van der Waals surface area contributed by atoms with Gasteiger partial charge in [-0.15, -0.1) is 0 Å². The molecule has 0 unspecified atom stereocenters. The van der Waals surface area contributed by atoms with E-state index < -0.39 is 0 Å². The minimum absolute atomic E-state index is 0.881. The van der Waals surface area contributed by atoms with E-state index in [1.165, 1.54) is 108 Å². The molecule has 6 rings (SSSR count). The molecule has 0 aromatic heterocycles. The Kier molecular flexibility index (Phi) is 5.94. The van der Waals surface area contributed by atoms with Crippen LogP contribution < -0.4 is 0 Å². The van der Waals surface area contributed by atoms with Crippen LogP contribution in [0.1, 0.15) is 73.6 Å². The van der Waals surface area contributed by atoms with Gasteiger partial charge in [0.05, 0.1) is 0 Å². The molecule has 0 atom stereocenters. The molecule has 2 fully saturated rings. The highest BCUT2D eigenvalue weighted by atomic mass is 14.2. The van der Waals surface area contributed by atoms with Crippen molar-refractivity contribution in [2.24, 2.45) is 11.8 Å². The Morgan fingerprint density at radius 3 is 1.38 bits per heavy atom. The average Bonchev–Trinajstić information content (AvgIpc) is 3.54. The van der Waals surface area contributed by atoms with E-state index in [0.29, 0.717) is 0 Å². The van der Waals surface area contributed by atoms with Gasteiger partial charge in [-0.1, -0.05) is 99.9 Å². The largest absolute Gasteiger partial charge is 0.0614 e. The van der Waals surface area contributed by atoms with Crippen LogP contribution in [0.3, 0.4) is 0 Å². The van der Waals surface area contributed by atoms with Gasteiger partial charge in [0.2, 0.25) is 0 Å². The molecule has 174 valence electrons. The zero-order valence-corrected chi connectivity index (χ0v) is 21.0. The van der Waals surface area contributed by atoms with Crippen molar-refractivity contribution in [3.8, 4) is 11.1 Å². The second-order valence-electron chi connectivity index (χ2n) is 11.3. The monoisotopic (exact) mass is 446 g/mol. The lowest BCUT2D eigenvalue weighted by molar-refractivity contribution is 0.548.